The molecule has 19 heteroatoms. The van der Waals surface area contributed by atoms with Crippen LogP contribution in [0.15, 0.2) is 36.4 Å². The van der Waals surface area contributed by atoms with Gasteiger partial charge in [0.05, 0.1) is 23.1 Å². The average Bonchev–Trinajstić information content (AvgIpc) is 4.16. The lowest BCUT2D eigenvalue weighted by atomic mass is 10.0. The number of benzene rings is 1. The third-order valence-corrected chi connectivity index (χ3v) is 14.5. The van der Waals surface area contributed by atoms with Crippen molar-refractivity contribution in [2.45, 2.75) is 143 Å². The highest BCUT2D eigenvalue weighted by Crippen LogP contribution is 2.47. The van der Waals surface area contributed by atoms with Crippen molar-refractivity contribution in [3.8, 4) is 5.88 Å². The minimum Gasteiger partial charge on any atom is -0.472 e. The monoisotopic (exact) mass is 855 g/mol. The first-order chi connectivity index (χ1) is 28.7. The third-order valence-electron chi connectivity index (χ3n) is 12.7. The molecule has 2 aromatic heterocycles. The Morgan fingerprint density at radius 2 is 1.73 bits per heavy atom. The van der Waals surface area contributed by atoms with Gasteiger partial charge in [0.25, 0.3) is 5.91 Å². The number of alkyl halides is 3. The van der Waals surface area contributed by atoms with Crippen LogP contribution in [0.3, 0.4) is 0 Å². The van der Waals surface area contributed by atoms with Crippen LogP contribution in [0.1, 0.15) is 113 Å². The van der Waals surface area contributed by atoms with Crippen LogP contribution in [0.5, 0.6) is 5.88 Å². The predicted octanol–water partition coefficient (Wildman–Crippen LogP) is 5.17. The summed E-state index contributed by atoms with van der Waals surface area (Å²) in [4.78, 5) is 62.3. The van der Waals surface area contributed by atoms with E-state index in [1.165, 1.54) is 21.5 Å². The molecule has 0 spiro atoms. The van der Waals surface area contributed by atoms with Crippen LogP contribution in [-0.2, 0) is 35.3 Å². The average molecular weight is 856 g/mol. The molecule has 1 aromatic carbocycles. The molecule has 5 fully saturated rings. The fraction of sp³-hybridized carbons (Fsp3) is 0.610. The molecule has 4 amide bonds. The van der Waals surface area contributed by atoms with E-state index >= 15 is 0 Å². The number of fused-ring (bicyclic) bond motifs is 5. The highest BCUT2D eigenvalue weighted by atomic mass is 32.2. The molecule has 1 saturated heterocycles. The fourth-order valence-corrected chi connectivity index (χ4v) is 10.3. The van der Waals surface area contributed by atoms with Crippen molar-refractivity contribution in [1.29, 1.82) is 0 Å². The van der Waals surface area contributed by atoms with Gasteiger partial charge in [-0.1, -0.05) is 31.1 Å². The van der Waals surface area contributed by atoms with Gasteiger partial charge in [-0.05, 0) is 89.2 Å². The Morgan fingerprint density at radius 1 is 0.967 bits per heavy atom. The summed E-state index contributed by atoms with van der Waals surface area (Å²) in [6.45, 7) is -0.164. The van der Waals surface area contributed by atoms with Crippen molar-refractivity contribution in [1.82, 2.24) is 34.9 Å². The Balaban J connectivity index is 1.05. The highest BCUT2D eigenvalue weighted by Gasteiger charge is 2.62. The van der Waals surface area contributed by atoms with Crippen LogP contribution in [0, 0.1) is 5.92 Å². The van der Waals surface area contributed by atoms with Gasteiger partial charge in [0.1, 0.15) is 35.3 Å². The predicted molar refractivity (Wildman–Crippen MR) is 209 cm³/mol. The van der Waals surface area contributed by atoms with Crippen LogP contribution >= 0.6 is 0 Å². The second-order valence-electron chi connectivity index (χ2n) is 17.2. The Bertz CT molecular complexity index is 2360. The molecule has 4 aliphatic carbocycles. The number of nitrogens with zero attached hydrogens (tertiary/aromatic N) is 4. The van der Waals surface area contributed by atoms with Crippen LogP contribution in [0.2, 0.25) is 0 Å². The summed E-state index contributed by atoms with van der Waals surface area (Å²) in [5.41, 5.74) is -2.04. The van der Waals surface area contributed by atoms with Gasteiger partial charge >= 0.3 is 12.3 Å². The SMILES string of the molecule is O=C(N[C@H]1CCCCC/C=C\[C@@H]2C[C@@]2(C(=O)NS(=O)(=O)C2CC2)NC(=O)[C@@H]2C[C@@H](Oc3cc(C4CC4)nc4c5cccc(C(F)(F)F)c5nn34)CN2C1=O)OC1CCCC1. The summed E-state index contributed by atoms with van der Waals surface area (Å²) >= 11 is 0. The largest absolute Gasteiger partial charge is 0.472 e. The minimum absolute atomic E-state index is 0.0718. The quantitative estimate of drug-likeness (QED) is 0.255. The van der Waals surface area contributed by atoms with Crippen molar-refractivity contribution in [2.75, 3.05) is 6.54 Å². The Hall–Kier alpha value is -4.94. The Labute approximate surface area is 344 Å². The maximum Gasteiger partial charge on any atom is 0.418 e. The standard InChI is InChI=1S/C41H48F3N7O8S/c42-41(43,44)29-13-8-12-28-34(29)48-51-33(20-31(23-15-16-23)45-35(28)51)58-26-19-32-36(52)47-40(38(54)49-60(56,57)27-17-18-27)21-24(40)9-4-2-1-3-5-14-30(37(53)50(32)22-26)46-39(55)59-25-10-6-7-11-25/h4,8-9,12-13,20,23-27,30,32H,1-3,5-7,10-11,14-19,21-22H2,(H,46,55)(H,47,52)(H,49,54)/b9-4-/t24-,26-,30+,32+,40-/m1/s1. The van der Waals surface area contributed by atoms with Gasteiger partial charge in [0.2, 0.25) is 27.7 Å². The number of nitrogens with one attached hydrogen (secondary N) is 3. The number of rotatable bonds is 8. The molecule has 4 saturated carbocycles. The summed E-state index contributed by atoms with van der Waals surface area (Å²) in [6.07, 6.45) is 5.93. The summed E-state index contributed by atoms with van der Waals surface area (Å²) in [5.74, 6) is -2.49. The number of hydrogen-bond donors (Lipinski definition) is 3. The third kappa shape index (κ3) is 8.12. The van der Waals surface area contributed by atoms with Gasteiger partial charge in [0, 0.05) is 29.7 Å². The number of carbonyl (C=O) groups excluding carboxylic acids is 4. The minimum atomic E-state index is -4.69. The van der Waals surface area contributed by atoms with Gasteiger partial charge < -0.3 is 25.0 Å². The van der Waals surface area contributed by atoms with Gasteiger partial charge in [-0.3, -0.25) is 19.1 Å². The smallest absolute Gasteiger partial charge is 0.418 e. The molecule has 0 unspecified atom stereocenters. The summed E-state index contributed by atoms with van der Waals surface area (Å²) < 4.78 is 83.9. The van der Waals surface area contributed by atoms with E-state index in [0.717, 1.165) is 51.0 Å². The number of ether oxygens (including phenoxy) is 2. The van der Waals surface area contributed by atoms with Gasteiger partial charge in [-0.15, -0.1) is 0 Å². The van der Waals surface area contributed by atoms with Crippen LogP contribution in [-0.4, -0.2) is 93.4 Å². The lowest BCUT2D eigenvalue weighted by Gasteiger charge is -2.30. The van der Waals surface area contributed by atoms with E-state index in [-0.39, 0.29) is 60.3 Å². The van der Waals surface area contributed by atoms with Crippen molar-refractivity contribution >= 4 is 50.4 Å². The molecule has 6 aliphatic rings. The molecule has 3 aromatic rings. The molecule has 4 heterocycles. The lowest BCUT2D eigenvalue weighted by molar-refractivity contribution is -0.141. The first-order valence-electron chi connectivity index (χ1n) is 21.1. The number of allylic oxidation sites excluding steroid dienone is 1. The van der Waals surface area contributed by atoms with E-state index in [9.17, 15) is 40.8 Å². The van der Waals surface area contributed by atoms with Crippen LogP contribution in [0.4, 0.5) is 18.0 Å². The Morgan fingerprint density at radius 3 is 2.47 bits per heavy atom. The summed E-state index contributed by atoms with van der Waals surface area (Å²) in [7, 11) is -3.96. The van der Waals surface area contributed by atoms with E-state index in [0.29, 0.717) is 37.8 Å². The van der Waals surface area contributed by atoms with Crippen molar-refractivity contribution in [3.63, 3.8) is 0 Å². The fourth-order valence-electron chi connectivity index (χ4n) is 8.95. The number of halogens is 3. The van der Waals surface area contributed by atoms with E-state index in [1.54, 1.807) is 6.07 Å². The molecule has 0 radical (unpaired) electrons. The molecule has 5 atom stereocenters. The molecule has 60 heavy (non-hydrogen) atoms. The molecule has 0 bridgehead atoms. The molecule has 15 nitrogen and oxygen atoms in total. The van der Waals surface area contributed by atoms with E-state index in [2.05, 4.69) is 20.5 Å². The van der Waals surface area contributed by atoms with Crippen molar-refractivity contribution in [2.24, 2.45) is 5.92 Å². The van der Waals surface area contributed by atoms with E-state index in [4.69, 9.17) is 14.5 Å². The molecule has 2 aliphatic heterocycles. The Kier molecular flexibility index (Phi) is 10.5. The highest BCUT2D eigenvalue weighted by molar-refractivity contribution is 7.91. The molecule has 322 valence electrons. The van der Waals surface area contributed by atoms with E-state index < -0.39 is 80.5 Å². The first-order valence-corrected chi connectivity index (χ1v) is 22.6. The summed E-state index contributed by atoms with van der Waals surface area (Å²) in [6, 6.07) is 3.08. The van der Waals surface area contributed by atoms with Gasteiger partial charge in [-0.25, -0.2) is 18.2 Å². The topological polar surface area (TPSA) is 190 Å². The zero-order valence-corrected chi connectivity index (χ0v) is 33.7. The normalized spacial score (nSPS) is 28.6. The van der Waals surface area contributed by atoms with E-state index in [1.807, 2.05) is 12.2 Å². The number of amides is 4. The van der Waals surface area contributed by atoms with Gasteiger partial charge in [0.15, 0.2) is 5.65 Å². The first kappa shape index (κ1) is 40.5. The summed E-state index contributed by atoms with van der Waals surface area (Å²) in [5, 5.41) is 9.44. The zero-order chi connectivity index (χ0) is 42.0. The number of alkyl carbamates (subject to hydrolysis) is 1. The molecule has 3 N–H and O–H groups in total. The molecule has 9 rings (SSSR count). The second kappa shape index (κ2) is 15.5. The lowest BCUT2D eigenvalue weighted by Crippen LogP contribution is -2.58. The maximum absolute atomic E-state index is 14.7. The van der Waals surface area contributed by atoms with Crippen molar-refractivity contribution < 1.29 is 50.2 Å². The number of sulfonamides is 1. The zero-order valence-electron chi connectivity index (χ0n) is 32.9. The van der Waals surface area contributed by atoms with Crippen molar-refractivity contribution in [3.05, 3.63) is 47.7 Å². The van der Waals surface area contributed by atoms with Crippen LogP contribution < -0.4 is 20.1 Å². The second-order valence-corrected chi connectivity index (χ2v) is 19.2. The van der Waals surface area contributed by atoms with Gasteiger partial charge in [-0.2, -0.15) is 22.8 Å². The molecular formula is C41H48F3N7O8S. The van der Waals surface area contributed by atoms with Crippen LogP contribution in [0.25, 0.3) is 16.6 Å². The molecular weight excluding hydrogens is 808 g/mol. The number of aromatic nitrogens is 3. The maximum atomic E-state index is 14.7. The number of hydrogen-bond acceptors (Lipinski definition) is 10. The number of carbonyl (C=O) groups is 4.